The summed E-state index contributed by atoms with van der Waals surface area (Å²) >= 11 is 0. The molecule has 1 saturated heterocycles. The lowest BCUT2D eigenvalue weighted by Gasteiger charge is -2.38. The first-order chi connectivity index (χ1) is 12.6. The Balaban J connectivity index is 1.54. The number of hydrogen-bond donors (Lipinski definition) is 2. The van der Waals surface area contributed by atoms with Gasteiger partial charge in [0.2, 0.25) is 5.91 Å². The smallest absolute Gasteiger partial charge is 0.221 e. The van der Waals surface area contributed by atoms with Crippen LogP contribution < -0.4 is 10.6 Å². The predicted octanol–water partition coefficient (Wildman–Crippen LogP) is 4.01. The summed E-state index contributed by atoms with van der Waals surface area (Å²) in [4.78, 5) is 14.0. The highest BCUT2D eigenvalue weighted by atomic mass is 16.1. The molecule has 1 aliphatic heterocycles. The Bertz CT molecular complexity index is 716. The molecule has 0 unspecified atom stereocenters. The van der Waals surface area contributed by atoms with E-state index < -0.39 is 0 Å². The third kappa shape index (κ3) is 5.09. The van der Waals surface area contributed by atoms with Crippen LogP contribution in [0, 0.1) is 5.92 Å². The monoisotopic (exact) mass is 351 g/mol. The lowest BCUT2D eigenvalue weighted by Crippen LogP contribution is -2.45. The lowest BCUT2D eigenvalue weighted by molar-refractivity contribution is -0.114. The summed E-state index contributed by atoms with van der Waals surface area (Å²) < 4.78 is 0. The largest absolute Gasteiger partial charge is 0.380 e. The summed E-state index contributed by atoms with van der Waals surface area (Å²) in [5.41, 5.74) is 3.28. The van der Waals surface area contributed by atoms with Crippen LogP contribution >= 0.6 is 0 Å². The fourth-order valence-electron chi connectivity index (χ4n) is 3.69. The van der Waals surface area contributed by atoms with E-state index in [-0.39, 0.29) is 5.91 Å². The van der Waals surface area contributed by atoms with Gasteiger partial charge < -0.3 is 15.5 Å². The maximum absolute atomic E-state index is 11.4. The Morgan fingerprint density at radius 2 is 1.77 bits per heavy atom. The van der Waals surface area contributed by atoms with Crippen molar-refractivity contribution in [2.45, 2.75) is 32.7 Å². The summed E-state index contributed by atoms with van der Waals surface area (Å²) in [6, 6.07) is 19.1. The molecule has 0 bridgehead atoms. The Labute approximate surface area is 156 Å². The molecular weight excluding hydrogens is 322 g/mol. The number of nitrogens with one attached hydrogen (secondary N) is 2. The van der Waals surface area contributed by atoms with E-state index in [0.717, 1.165) is 43.9 Å². The number of benzene rings is 2. The molecular formula is C22H29N3O. The molecule has 4 nitrogen and oxygen atoms in total. The van der Waals surface area contributed by atoms with E-state index in [1.165, 1.54) is 5.56 Å². The average molecular weight is 351 g/mol. The second-order valence-electron chi connectivity index (χ2n) is 7.28. The first-order valence-corrected chi connectivity index (χ1v) is 9.51. The van der Waals surface area contributed by atoms with Gasteiger partial charge in [0.25, 0.3) is 0 Å². The number of amides is 1. The van der Waals surface area contributed by atoms with Gasteiger partial charge in [-0.3, -0.25) is 4.79 Å². The molecule has 3 rings (SSSR count). The molecule has 2 aromatic carbocycles. The van der Waals surface area contributed by atoms with Gasteiger partial charge in [0.15, 0.2) is 0 Å². The lowest BCUT2D eigenvalue weighted by atomic mass is 9.93. The van der Waals surface area contributed by atoms with Gasteiger partial charge in [-0.25, -0.2) is 0 Å². The SMILES string of the molecule is CC(=O)Nc1ccccc1N[C@H]1CCN(CCc2ccccc2)C[C@H]1C. The van der Waals surface area contributed by atoms with Gasteiger partial charge in [0, 0.05) is 32.6 Å². The minimum Gasteiger partial charge on any atom is -0.380 e. The van der Waals surface area contributed by atoms with Crippen molar-refractivity contribution in [2.75, 3.05) is 30.3 Å². The molecule has 2 atom stereocenters. The molecule has 4 heteroatoms. The Morgan fingerprint density at radius 1 is 1.08 bits per heavy atom. The van der Waals surface area contributed by atoms with Crippen LogP contribution in [-0.2, 0) is 11.2 Å². The minimum absolute atomic E-state index is 0.0389. The molecule has 0 aliphatic carbocycles. The average Bonchev–Trinajstić information content (AvgIpc) is 2.64. The van der Waals surface area contributed by atoms with Crippen molar-refractivity contribution < 1.29 is 4.79 Å². The Hall–Kier alpha value is -2.33. The molecule has 0 saturated carbocycles. The second-order valence-corrected chi connectivity index (χ2v) is 7.28. The van der Waals surface area contributed by atoms with Crippen molar-refractivity contribution in [3.05, 3.63) is 60.2 Å². The van der Waals surface area contributed by atoms with Crippen molar-refractivity contribution in [3.63, 3.8) is 0 Å². The summed E-state index contributed by atoms with van der Waals surface area (Å²) in [5.74, 6) is 0.521. The maximum atomic E-state index is 11.4. The van der Waals surface area contributed by atoms with Crippen LogP contribution in [0.15, 0.2) is 54.6 Å². The molecule has 1 amide bonds. The number of anilines is 2. The van der Waals surface area contributed by atoms with Gasteiger partial charge in [-0.2, -0.15) is 0 Å². The molecule has 0 spiro atoms. The highest BCUT2D eigenvalue weighted by molar-refractivity contribution is 5.92. The summed E-state index contributed by atoms with van der Waals surface area (Å²) in [6.07, 6.45) is 2.22. The van der Waals surface area contributed by atoms with Crippen molar-refractivity contribution in [3.8, 4) is 0 Å². The topological polar surface area (TPSA) is 44.4 Å². The third-order valence-corrected chi connectivity index (χ3v) is 5.13. The number of nitrogens with zero attached hydrogens (tertiary/aromatic N) is 1. The van der Waals surface area contributed by atoms with Crippen molar-refractivity contribution in [2.24, 2.45) is 5.92 Å². The van der Waals surface area contributed by atoms with Gasteiger partial charge in [0.1, 0.15) is 0 Å². The summed E-state index contributed by atoms with van der Waals surface area (Å²) in [6.45, 7) is 7.19. The number of para-hydroxylation sites is 2. The van der Waals surface area contributed by atoms with Crippen LogP contribution in [-0.4, -0.2) is 36.5 Å². The summed E-state index contributed by atoms with van der Waals surface area (Å²) in [7, 11) is 0. The van der Waals surface area contributed by atoms with Gasteiger partial charge in [-0.1, -0.05) is 49.4 Å². The van der Waals surface area contributed by atoms with E-state index in [0.29, 0.717) is 12.0 Å². The molecule has 26 heavy (non-hydrogen) atoms. The van der Waals surface area contributed by atoms with Gasteiger partial charge in [-0.05, 0) is 36.5 Å². The van der Waals surface area contributed by atoms with E-state index in [2.05, 4.69) is 52.8 Å². The van der Waals surface area contributed by atoms with Crippen molar-refractivity contribution in [1.82, 2.24) is 4.90 Å². The van der Waals surface area contributed by atoms with Crippen LogP contribution in [0.3, 0.4) is 0 Å². The fourth-order valence-corrected chi connectivity index (χ4v) is 3.69. The van der Waals surface area contributed by atoms with E-state index in [4.69, 9.17) is 0 Å². The number of carbonyl (C=O) groups is 1. The molecule has 0 radical (unpaired) electrons. The van der Waals surface area contributed by atoms with Crippen molar-refractivity contribution in [1.29, 1.82) is 0 Å². The molecule has 2 N–H and O–H groups in total. The number of piperidine rings is 1. The zero-order chi connectivity index (χ0) is 18.4. The van der Waals surface area contributed by atoms with E-state index >= 15 is 0 Å². The molecule has 0 aromatic heterocycles. The maximum Gasteiger partial charge on any atom is 0.221 e. The first-order valence-electron chi connectivity index (χ1n) is 9.51. The normalized spacial score (nSPS) is 20.5. The van der Waals surface area contributed by atoms with E-state index in [9.17, 15) is 4.79 Å². The highest BCUT2D eigenvalue weighted by Gasteiger charge is 2.26. The van der Waals surface area contributed by atoms with Crippen LogP contribution in [0.25, 0.3) is 0 Å². The number of likely N-dealkylation sites (tertiary alicyclic amines) is 1. The molecule has 138 valence electrons. The van der Waals surface area contributed by atoms with Gasteiger partial charge in [-0.15, -0.1) is 0 Å². The molecule has 2 aromatic rings. The highest BCUT2D eigenvalue weighted by Crippen LogP contribution is 2.26. The number of carbonyl (C=O) groups excluding carboxylic acids is 1. The quantitative estimate of drug-likeness (QED) is 0.826. The van der Waals surface area contributed by atoms with Crippen LogP contribution in [0.1, 0.15) is 25.8 Å². The standard InChI is InChI=1S/C22H29N3O/c1-17-16-25(14-12-19-8-4-3-5-9-19)15-13-20(17)24-22-11-7-6-10-21(22)23-18(2)26/h3-11,17,20,24H,12-16H2,1-2H3,(H,23,26)/t17-,20+/m1/s1. The van der Waals surface area contributed by atoms with E-state index in [1.54, 1.807) is 6.92 Å². The van der Waals surface area contributed by atoms with E-state index in [1.807, 2.05) is 24.3 Å². The zero-order valence-corrected chi connectivity index (χ0v) is 15.7. The van der Waals surface area contributed by atoms with Crippen LogP contribution in [0.5, 0.6) is 0 Å². The first kappa shape index (κ1) is 18.5. The van der Waals surface area contributed by atoms with Gasteiger partial charge in [0.05, 0.1) is 11.4 Å². The Kier molecular flexibility index (Phi) is 6.29. The second kappa shape index (κ2) is 8.86. The fraction of sp³-hybridized carbons (Fsp3) is 0.409. The predicted molar refractivity (Wildman–Crippen MR) is 109 cm³/mol. The molecule has 1 heterocycles. The zero-order valence-electron chi connectivity index (χ0n) is 15.7. The van der Waals surface area contributed by atoms with Crippen LogP contribution in [0.4, 0.5) is 11.4 Å². The third-order valence-electron chi connectivity index (χ3n) is 5.13. The number of rotatable bonds is 6. The van der Waals surface area contributed by atoms with Crippen molar-refractivity contribution >= 4 is 17.3 Å². The summed E-state index contributed by atoms with van der Waals surface area (Å²) in [5, 5.41) is 6.57. The Morgan fingerprint density at radius 3 is 2.46 bits per heavy atom. The minimum atomic E-state index is -0.0389. The van der Waals surface area contributed by atoms with Crippen LogP contribution in [0.2, 0.25) is 0 Å². The molecule has 1 fully saturated rings. The number of hydrogen-bond acceptors (Lipinski definition) is 3. The van der Waals surface area contributed by atoms with Gasteiger partial charge >= 0.3 is 0 Å². The molecule has 1 aliphatic rings.